The number of benzene rings is 2. The molecule has 2 nitrogen and oxygen atoms in total. The van der Waals surface area contributed by atoms with Gasteiger partial charge in [0.05, 0.1) is 11.4 Å². The molecule has 0 amide bonds. The lowest BCUT2D eigenvalue weighted by Gasteiger charge is -2.34. The van der Waals surface area contributed by atoms with Gasteiger partial charge in [-0.15, -0.1) is 0 Å². The van der Waals surface area contributed by atoms with Crippen molar-refractivity contribution in [3.8, 4) is 0 Å². The summed E-state index contributed by atoms with van der Waals surface area (Å²) < 4.78 is 0. The Balaban J connectivity index is 2.54. The minimum Gasteiger partial charge on any atom is -0.370 e. The number of rotatable bonds is 14. The molecule has 0 aliphatic rings. The van der Waals surface area contributed by atoms with Gasteiger partial charge in [0.25, 0.3) is 0 Å². The van der Waals surface area contributed by atoms with E-state index >= 15 is 0 Å². The van der Waals surface area contributed by atoms with Gasteiger partial charge in [-0.3, -0.25) is 0 Å². The molecule has 0 atom stereocenters. The maximum Gasteiger partial charge on any atom is 0.0683 e. The van der Waals surface area contributed by atoms with Gasteiger partial charge in [0.1, 0.15) is 0 Å². The van der Waals surface area contributed by atoms with Crippen molar-refractivity contribution in [1.29, 1.82) is 0 Å². The first-order valence-corrected chi connectivity index (χ1v) is 11.8. The van der Waals surface area contributed by atoms with Crippen LogP contribution >= 0.6 is 0 Å². The lowest BCUT2D eigenvalue weighted by atomic mass is 10.0. The Morgan fingerprint density at radius 2 is 1.07 bits per heavy atom. The van der Waals surface area contributed by atoms with Crippen molar-refractivity contribution in [3.63, 3.8) is 0 Å². The Labute approximate surface area is 173 Å². The van der Waals surface area contributed by atoms with Crippen molar-refractivity contribution < 1.29 is 0 Å². The van der Waals surface area contributed by atoms with Gasteiger partial charge in [-0.05, 0) is 37.1 Å². The standard InChI is InChI=1S/C26H42N2/c1-5-9-19-27(20-10-6-2)25-18-17-23-15-13-14-16-24(23)26(25)28(21-11-7-3)22-12-8-4/h13-18H,5-12,19-22H2,1-4H3. The molecule has 2 aromatic carbocycles. The van der Waals surface area contributed by atoms with Crippen LogP contribution in [0.2, 0.25) is 0 Å². The molecule has 0 heterocycles. The molecular weight excluding hydrogens is 340 g/mol. The lowest BCUT2D eigenvalue weighted by Crippen LogP contribution is -2.31. The van der Waals surface area contributed by atoms with Gasteiger partial charge < -0.3 is 9.80 Å². The maximum atomic E-state index is 2.69. The normalized spacial score (nSPS) is 11.1. The summed E-state index contributed by atoms with van der Waals surface area (Å²) in [5.74, 6) is 0. The van der Waals surface area contributed by atoms with Crippen molar-refractivity contribution in [1.82, 2.24) is 0 Å². The first kappa shape index (κ1) is 22.6. The van der Waals surface area contributed by atoms with Crippen LogP contribution in [0.25, 0.3) is 10.8 Å². The van der Waals surface area contributed by atoms with E-state index < -0.39 is 0 Å². The predicted molar refractivity (Wildman–Crippen MR) is 128 cm³/mol. The van der Waals surface area contributed by atoms with Crippen LogP contribution in [0.3, 0.4) is 0 Å². The van der Waals surface area contributed by atoms with Crippen LogP contribution in [0.1, 0.15) is 79.1 Å². The van der Waals surface area contributed by atoms with Gasteiger partial charge >= 0.3 is 0 Å². The van der Waals surface area contributed by atoms with Crippen LogP contribution in [0.4, 0.5) is 11.4 Å². The van der Waals surface area contributed by atoms with Crippen molar-refractivity contribution in [2.75, 3.05) is 36.0 Å². The SMILES string of the molecule is CCCCN(CCCC)c1ccc2ccccc2c1N(CCCC)CCCC. The van der Waals surface area contributed by atoms with E-state index in [4.69, 9.17) is 0 Å². The van der Waals surface area contributed by atoms with E-state index in [9.17, 15) is 0 Å². The summed E-state index contributed by atoms with van der Waals surface area (Å²) in [4.78, 5) is 5.36. The maximum absolute atomic E-state index is 2.69. The van der Waals surface area contributed by atoms with Gasteiger partial charge in [0.15, 0.2) is 0 Å². The molecular formula is C26H42N2. The summed E-state index contributed by atoms with van der Waals surface area (Å²) in [6.45, 7) is 13.9. The summed E-state index contributed by atoms with van der Waals surface area (Å²) in [6.07, 6.45) is 10.0. The summed E-state index contributed by atoms with van der Waals surface area (Å²) in [5, 5.41) is 2.79. The van der Waals surface area contributed by atoms with E-state index in [1.807, 2.05) is 0 Å². The molecule has 0 bridgehead atoms. The van der Waals surface area contributed by atoms with Gasteiger partial charge in [-0.25, -0.2) is 0 Å². The Bertz CT molecular complexity index is 663. The molecule has 2 aromatic rings. The van der Waals surface area contributed by atoms with Crippen LogP contribution in [-0.4, -0.2) is 26.2 Å². The second-order valence-electron chi connectivity index (χ2n) is 8.04. The van der Waals surface area contributed by atoms with E-state index in [-0.39, 0.29) is 0 Å². The zero-order valence-corrected chi connectivity index (χ0v) is 18.8. The first-order valence-electron chi connectivity index (χ1n) is 11.8. The number of fused-ring (bicyclic) bond motifs is 1. The highest BCUT2D eigenvalue weighted by molar-refractivity contribution is 6.01. The number of anilines is 2. The highest BCUT2D eigenvalue weighted by Crippen LogP contribution is 2.38. The number of nitrogens with zero attached hydrogens (tertiary/aromatic N) is 2. The largest absolute Gasteiger partial charge is 0.370 e. The summed E-state index contributed by atoms with van der Waals surface area (Å²) in [7, 11) is 0. The van der Waals surface area contributed by atoms with Crippen molar-refractivity contribution in [2.45, 2.75) is 79.1 Å². The average Bonchev–Trinajstić information content (AvgIpc) is 2.74. The van der Waals surface area contributed by atoms with Gasteiger partial charge in [-0.1, -0.05) is 83.7 Å². The fourth-order valence-electron chi connectivity index (χ4n) is 3.92. The van der Waals surface area contributed by atoms with E-state index in [1.54, 1.807) is 0 Å². The Hall–Kier alpha value is -1.70. The molecule has 0 N–H and O–H groups in total. The smallest absolute Gasteiger partial charge is 0.0683 e. The number of hydrogen-bond acceptors (Lipinski definition) is 2. The molecule has 0 saturated carbocycles. The quantitative estimate of drug-likeness (QED) is 0.331. The van der Waals surface area contributed by atoms with Crippen molar-refractivity contribution >= 4 is 22.1 Å². The Kier molecular flexibility index (Phi) is 10.2. The topological polar surface area (TPSA) is 6.48 Å². The monoisotopic (exact) mass is 382 g/mol. The molecule has 2 heteroatoms. The molecule has 0 radical (unpaired) electrons. The molecule has 0 aromatic heterocycles. The minimum absolute atomic E-state index is 1.16. The number of unbranched alkanes of at least 4 members (excludes halogenated alkanes) is 4. The van der Waals surface area contributed by atoms with Gasteiger partial charge in [0, 0.05) is 31.6 Å². The highest BCUT2D eigenvalue weighted by Gasteiger charge is 2.18. The molecule has 0 fully saturated rings. The predicted octanol–water partition coefficient (Wildman–Crippen LogP) is 7.65. The van der Waals surface area contributed by atoms with Gasteiger partial charge in [0.2, 0.25) is 0 Å². The van der Waals surface area contributed by atoms with Crippen molar-refractivity contribution in [2.24, 2.45) is 0 Å². The van der Waals surface area contributed by atoms with E-state index in [0.29, 0.717) is 0 Å². The fourth-order valence-corrected chi connectivity index (χ4v) is 3.92. The molecule has 2 rings (SSSR count). The molecule has 0 aliphatic carbocycles. The number of hydrogen-bond donors (Lipinski definition) is 0. The Morgan fingerprint density at radius 1 is 0.571 bits per heavy atom. The first-order chi connectivity index (χ1) is 13.8. The third-order valence-electron chi connectivity index (χ3n) is 5.66. The second-order valence-corrected chi connectivity index (χ2v) is 8.04. The third-order valence-corrected chi connectivity index (χ3v) is 5.66. The minimum atomic E-state index is 1.16. The molecule has 0 spiro atoms. The van der Waals surface area contributed by atoms with Gasteiger partial charge in [-0.2, -0.15) is 0 Å². The van der Waals surface area contributed by atoms with Crippen LogP contribution in [0.5, 0.6) is 0 Å². The summed E-state index contributed by atoms with van der Waals surface area (Å²) in [6, 6.07) is 13.7. The van der Waals surface area contributed by atoms with Crippen LogP contribution in [-0.2, 0) is 0 Å². The zero-order valence-electron chi connectivity index (χ0n) is 18.8. The van der Waals surface area contributed by atoms with E-state index in [0.717, 1.165) is 26.2 Å². The summed E-state index contributed by atoms with van der Waals surface area (Å²) in [5.41, 5.74) is 2.93. The van der Waals surface area contributed by atoms with Crippen LogP contribution in [0, 0.1) is 0 Å². The highest BCUT2D eigenvalue weighted by atomic mass is 15.2. The lowest BCUT2D eigenvalue weighted by molar-refractivity contribution is 0.663. The molecule has 0 unspecified atom stereocenters. The summed E-state index contributed by atoms with van der Waals surface area (Å²) >= 11 is 0. The average molecular weight is 383 g/mol. The fraction of sp³-hybridized carbons (Fsp3) is 0.615. The van der Waals surface area contributed by atoms with Crippen LogP contribution in [0.15, 0.2) is 36.4 Å². The van der Waals surface area contributed by atoms with Crippen molar-refractivity contribution in [3.05, 3.63) is 36.4 Å². The molecule has 28 heavy (non-hydrogen) atoms. The zero-order chi connectivity index (χ0) is 20.2. The Morgan fingerprint density at radius 3 is 1.61 bits per heavy atom. The van der Waals surface area contributed by atoms with E-state index in [2.05, 4.69) is 73.9 Å². The second kappa shape index (κ2) is 12.7. The molecule has 0 aliphatic heterocycles. The van der Waals surface area contributed by atoms with E-state index in [1.165, 1.54) is 73.5 Å². The molecule has 156 valence electrons. The van der Waals surface area contributed by atoms with Crippen LogP contribution < -0.4 is 9.80 Å². The molecule has 0 saturated heterocycles. The third kappa shape index (κ3) is 6.15.